The first-order valence-corrected chi connectivity index (χ1v) is 9.10. The molecule has 1 aliphatic rings. The van der Waals surface area contributed by atoms with Gasteiger partial charge in [0, 0.05) is 13.1 Å². The summed E-state index contributed by atoms with van der Waals surface area (Å²) in [6.07, 6.45) is 15.1. The maximum absolute atomic E-state index is 5.77. The van der Waals surface area contributed by atoms with Gasteiger partial charge in [0.25, 0.3) is 0 Å². The molecule has 0 amide bonds. The Kier molecular flexibility index (Phi) is 10.4. The van der Waals surface area contributed by atoms with Crippen LogP contribution in [0.4, 0.5) is 0 Å². The lowest BCUT2D eigenvalue weighted by Gasteiger charge is -2.35. The van der Waals surface area contributed by atoms with Crippen LogP contribution in [0.2, 0.25) is 0 Å². The van der Waals surface area contributed by atoms with Crippen LogP contribution in [0.5, 0.6) is 0 Å². The van der Waals surface area contributed by atoms with Crippen molar-refractivity contribution in [3.63, 3.8) is 0 Å². The molecule has 20 heavy (non-hydrogen) atoms. The lowest BCUT2D eigenvalue weighted by molar-refractivity contribution is -0.0681. The van der Waals surface area contributed by atoms with Gasteiger partial charge in [-0.1, -0.05) is 64.7 Å². The van der Waals surface area contributed by atoms with Crippen molar-refractivity contribution in [2.24, 2.45) is 0 Å². The highest BCUT2D eigenvalue weighted by molar-refractivity contribution is 4.72. The zero-order valence-electron chi connectivity index (χ0n) is 14.2. The third kappa shape index (κ3) is 8.97. The summed E-state index contributed by atoms with van der Waals surface area (Å²) in [5, 5.41) is 0. The Morgan fingerprint density at radius 2 is 1.20 bits per heavy atom. The fraction of sp³-hybridized carbons (Fsp3) is 1.00. The van der Waals surface area contributed by atoms with Gasteiger partial charge >= 0.3 is 0 Å². The van der Waals surface area contributed by atoms with Crippen molar-refractivity contribution in [1.82, 2.24) is 4.90 Å². The van der Waals surface area contributed by atoms with Gasteiger partial charge in [0.1, 0.15) is 0 Å². The highest BCUT2D eigenvalue weighted by Gasteiger charge is 2.21. The Balaban J connectivity index is 1.85. The topological polar surface area (TPSA) is 12.5 Å². The van der Waals surface area contributed by atoms with E-state index in [-0.39, 0.29) is 0 Å². The first-order valence-electron chi connectivity index (χ1n) is 9.10. The minimum absolute atomic E-state index is 0.418. The van der Waals surface area contributed by atoms with E-state index in [1.54, 1.807) is 0 Å². The van der Waals surface area contributed by atoms with E-state index in [0.717, 1.165) is 13.1 Å². The van der Waals surface area contributed by atoms with Crippen LogP contribution in [-0.2, 0) is 4.74 Å². The second kappa shape index (κ2) is 11.6. The van der Waals surface area contributed by atoms with Crippen molar-refractivity contribution >= 4 is 0 Å². The highest BCUT2D eigenvalue weighted by Crippen LogP contribution is 2.13. The molecule has 0 unspecified atom stereocenters. The minimum Gasteiger partial charge on any atom is -0.373 e. The third-order valence-electron chi connectivity index (χ3n) is 4.32. The van der Waals surface area contributed by atoms with Gasteiger partial charge < -0.3 is 4.74 Å². The first-order chi connectivity index (χ1) is 9.72. The molecule has 0 aromatic carbocycles. The molecule has 1 saturated heterocycles. The van der Waals surface area contributed by atoms with Crippen molar-refractivity contribution in [3.05, 3.63) is 0 Å². The number of nitrogens with zero attached hydrogens (tertiary/aromatic N) is 1. The summed E-state index contributed by atoms with van der Waals surface area (Å²) < 4.78 is 5.77. The molecule has 1 heterocycles. The molecule has 1 rings (SSSR count). The summed E-state index contributed by atoms with van der Waals surface area (Å²) >= 11 is 0. The molecule has 1 aliphatic heterocycles. The molecule has 1 fully saturated rings. The molecule has 0 aromatic rings. The zero-order chi connectivity index (χ0) is 14.6. The second-order valence-electron chi connectivity index (χ2n) is 6.70. The Labute approximate surface area is 127 Å². The van der Waals surface area contributed by atoms with Crippen LogP contribution < -0.4 is 0 Å². The van der Waals surface area contributed by atoms with E-state index in [1.807, 2.05) is 0 Å². The SMILES string of the molecule is CCCCCCCCCCCCN1C[C@H](C)O[C@@H](C)C1. The summed E-state index contributed by atoms with van der Waals surface area (Å²) in [5.74, 6) is 0. The Bertz CT molecular complexity index is 209. The maximum Gasteiger partial charge on any atom is 0.0678 e. The van der Waals surface area contributed by atoms with Crippen LogP contribution in [0.25, 0.3) is 0 Å². The fourth-order valence-corrected chi connectivity index (χ4v) is 3.29. The van der Waals surface area contributed by atoms with Gasteiger partial charge in [0.05, 0.1) is 12.2 Å². The van der Waals surface area contributed by atoms with E-state index < -0.39 is 0 Å². The van der Waals surface area contributed by atoms with E-state index in [4.69, 9.17) is 4.74 Å². The van der Waals surface area contributed by atoms with Gasteiger partial charge in [0.15, 0.2) is 0 Å². The summed E-state index contributed by atoms with van der Waals surface area (Å²) in [6, 6.07) is 0. The normalized spacial score (nSPS) is 24.1. The molecule has 2 atom stereocenters. The molecule has 0 bridgehead atoms. The van der Waals surface area contributed by atoms with E-state index >= 15 is 0 Å². The number of rotatable bonds is 11. The molecular weight excluding hydrogens is 246 g/mol. The number of hydrogen-bond acceptors (Lipinski definition) is 2. The summed E-state index contributed by atoms with van der Waals surface area (Å²) in [7, 11) is 0. The van der Waals surface area contributed by atoms with Crippen molar-refractivity contribution in [1.29, 1.82) is 0 Å². The lowest BCUT2D eigenvalue weighted by Crippen LogP contribution is -2.45. The fourth-order valence-electron chi connectivity index (χ4n) is 3.29. The smallest absolute Gasteiger partial charge is 0.0678 e. The Morgan fingerprint density at radius 1 is 0.750 bits per heavy atom. The maximum atomic E-state index is 5.77. The summed E-state index contributed by atoms with van der Waals surface area (Å²) in [4.78, 5) is 2.59. The molecular formula is C18H37NO. The van der Waals surface area contributed by atoms with Crippen LogP contribution >= 0.6 is 0 Å². The molecule has 120 valence electrons. The lowest BCUT2D eigenvalue weighted by atomic mass is 10.1. The van der Waals surface area contributed by atoms with Gasteiger partial charge in [-0.3, -0.25) is 4.90 Å². The summed E-state index contributed by atoms with van der Waals surface area (Å²) in [5.41, 5.74) is 0. The second-order valence-corrected chi connectivity index (χ2v) is 6.70. The first kappa shape index (κ1) is 18.0. The van der Waals surface area contributed by atoms with Crippen LogP contribution in [0, 0.1) is 0 Å². The number of hydrogen-bond donors (Lipinski definition) is 0. The van der Waals surface area contributed by atoms with E-state index in [0.29, 0.717) is 12.2 Å². The molecule has 0 spiro atoms. The predicted molar refractivity (Wildman–Crippen MR) is 88.3 cm³/mol. The van der Waals surface area contributed by atoms with Crippen molar-refractivity contribution in [2.75, 3.05) is 19.6 Å². The van der Waals surface area contributed by atoms with Crippen molar-refractivity contribution < 1.29 is 4.74 Å². The number of morpholine rings is 1. The van der Waals surface area contributed by atoms with Gasteiger partial charge in [-0.15, -0.1) is 0 Å². The van der Waals surface area contributed by atoms with Crippen LogP contribution in [0.15, 0.2) is 0 Å². The average molecular weight is 284 g/mol. The quantitative estimate of drug-likeness (QED) is 0.494. The minimum atomic E-state index is 0.418. The molecule has 2 heteroatoms. The summed E-state index contributed by atoms with van der Waals surface area (Å²) in [6.45, 7) is 10.2. The van der Waals surface area contributed by atoms with Gasteiger partial charge in [0.2, 0.25) is 0 Å². The van der Waals surface area contributed by atoms with Gasteiger partial charge in [-0.25, -0.2) is 0 Å². The third-order valence-corrected chi connectivity index (χ3v) is 4.32. The van der Waals surface area contributed by atoms with Crippen molar-refractivity contribution in [3.8, 4) is 0 Å². The number of ether oxygens (including phenoxy) is 1. The predicted octanol–water partition coefficient (Wildman–Crippen LogP) is 5.02. The molecule has 0 saturated carbocycles. The van der Waals surface area contributed by atoms with Crippen molar-refractivity contribution in [2.45, 2.75) is 97.2 Å². The highest BCUT2D eigenvalue weighted by atomic mass is 16.5. The van der Waals surface area contributed by atoms with E-state index in [2.05, 4.69) is 25.7 Å². The number of unbranched alkanes of at least 4 members (excludes halogenated alkanes) is 9. The van der Waals surface area contributed by atoms with Crippen LogP contribution in [-0.4, -0.2) is 36.7 Å². The molecule has 0 N–H and O–H groups in total. The Hall–Kier alpha value is -0.0800. The zero-order valence-corrected chi connectivity index (χ0v) is 14.2. The van der Waals surface area contributed by atoms with Crippen LogP contribution in [0.3, 0.4) is 0 Å². The monoisotopic (exact) mass is 283 g/mol. The average Bonchev–Trinajstić information content (AvgIpc) is 2.40. The Morgan fingerprint density at radius 3 is 1.70 bits per heavy atom. The van der Waals surface area contributed by atoms with Gasteiger partial charge in [-0.2, -0.15) is 0 Å². The molecule has 0 aromatic heterocycles. The van der Waals surface area contributed by atoms with E-state index in [9.17, 15) is 0 Å². The largest absolute Gasteiger partial charge is 0.373 e. The molecule has 0 aliphatic carbocycles. The standard InChI is InChI=1S/C18H37NO/c1-4-5-6-7-8-9-10-11-12-13-14-19-15-17(2)20-18(3)16-19/h17-18H,4-16H2,1-3H3/t17-,18-/m0/s1. The molecule has 2 nitrogen and oxygen atoms in total. The molecule has 0 radical (unpaired) electrons. The van der Waals surface area contributed by atoms with Gasteiger partial charge in [-0.05, 0) is 26.8 Å². The van der Waals surface area contributed by atoms with E-state index in [1.165, 1.54) is 70.8 Å². The van der Waals surface area contributed by atoms with Crippen LogP contribution in [0.1, 0.15) is 85.0 Å².